The lowest BCUT2D eigenvalue weighted by molar-refractivity contribution is 1.25. The van der Waals surface area contributed by atoms with E-state index in [4.69, 9.17) is 29.9 Å². The normalized spacial score (nSPS) is 12.3. The van der Waals surface area contributed by atoms with E-state index in [0.29, 0.717) is 0 Å². The average molecular weight is 1910 g/mol. The van der Waals surface area contributed by atoms with Crippen LogP contribution >= 0.6 is 0 Å². The topological polar surface area (TPSA) is 164 Å². The Morgan fingerprint density at radius 1 is 0.127 bits per heavy atom. The fraction of sp³-hybridized carbons (Fsp3) is 0. The molecule has 0 bridgehead atoms. The van der Waals surface area contributed by atoms with Gasteiger partial charge in [0.25, 0.3) is 0 Å². The monoisotopic (exact) mass is 1910 g/mol. The van der Waals surface area contributed by atoms with Crippen LogP contribution in [0, 0.1) is 0 Å². The van der Waals surface area contributed by atoms with Crippen molar-refractivity contribution in [3.05, 3.63) is 512 Å². The lowest BCUT2D eigenvalue weighted by Gasteiger charge is -2.43. The number of hydrogen-bond acceptors (Lipinski definition) is 15. The molecule has 696 valence electrons. The highest BCUT2D eigenvalue weighted by molar-refractivity contribution is 6.94. The molecule has 0 N–H and O–H groups in total. The van der Waals surface area contributed by atoms with E-state index < -0.39 is 0 Å². The van der Waals surface area contributed by atoms with Crippen LogP contribution in [0.1, 0.15) is 0 Å². The molecule has 0 unspecified atom stereocenters. The van der Waals surface area contributed by atoms with Crippen LogP contribution in [0.5, 0.6) is 0 Å². The fourth-order valence-electron chi connectivity index (χ4n) is 22.8. The van der Waals surface area contributed by atoms with Gasteiger partial charge in [-0.25, -0.2) is 0 Å². The Kier molecular flexibility index (Phi) is 21.9. The first-order valence-corrected chi connectivity index (χ1v) is 50.4. The average Bonchev–Trinajstić information content (AvgIpc) is 0.711. The molecular formula is C132H84B3N15. The molecule has 12 aromatic heterocycles. The van der Waals surface area contributed by atoms with E-state index in [1.165, 1.54) is 134 Å². The van der Waals surface area contributed by atoms with Gasteiger partial charge in [0.05, 0.1) is 45.6 Å². The van der Waals surface area contributed by atoms with Gasteiger partial charge in [-0.1, -0.05) is 231 Å². The number of benzene rings is 12. The zero-order valence-corrected chi connectivity index (χ0v) is 80.9. The Bertz CT molecular complexity index is 7930. The maximum absolute atomic E-state index is 4.81. The van der Waals surface area contributed by atoms with Crippen LogP contribution in [-0.2, 0) is 0 Å². The van der Waals surface area contributed by atoms with E-state index in [1.807, 2.05) is 135 Å². The fourth-order valence-corrected chi connectivity index (χ4v) is 22.8. The number of fused-ring (bicyclic) bond motifs is 33. The Balaban J connectivity index is 0.000000108. The molecule has 6 aliphatic heterocycles. The van der Waals surface area contributed by atoms with Crippen molar-refractivity contribution in [3.8, 4) is 201 Å². The minimum atomic E-state index is 0.0535. The third-order valence-corrected chi connectivity index (χ3v) is 29.9. The van der Waals surface area contributed by atoms with Gasteiger partial charge in [0.2, 0.25) is 0 Å². The molecule has 18 heteroatoms. The third kappa shape index (κ3) is 15.6. The van der Waals surface area contributed by atoms with Crippen molar-refractivity contribution < 1.29 is 0 Å². The number of rotatable bonds is 12. The Morgan fingerprint density at radius 3 is 0.567 bits per heavy atom. The molecule has 0 aliphatic carbocycles. The van der Waals surface area contributed by atoms with E-state index in [1.54, 1.807) is 49.6 Å². The molecule has 150 heavy (non-hydrogen) atoms. The van der Waals surface area contributed by atoms with Crippen LogP contribution in [0.2, 0.25) is 0 Å². The highest BCUT2D eigenvalue weighted by atomic mass is 15.1. The molecule has 0 atom stereocenters. The molecule has 0 fully saturated rings. The standard InChI is InChI=1S/3C44H28BN5/c1-3-11-39-35(9-1)37-23-29(31-13-17-41(48-27-31)33-7-5-21-46-25-33)15-19-43(37)50-44-20-16-30(24-38(44)36-10-2-4-12-40(36)45(39)50)32-14-18-42(49-28-32)34-8-6-22-47-26-34;1-3-11-37-33(9-1)35-25-29(31-15-19-41(48-27-31)39-13-5-7-23-46-39)17-21-43(35)50-44-22-18-30(26-36(44)34-10-2-4-12-38(34)45(37)50)32-16-20-42(49-28-32)40-14-6-8-24-47-40;1-3-7-39-35(5-1)37-25-31(33-9-13-41(48-27-33)29-17-21-46-22-18-29)11-15-43(37)50-44-16-12-32(26-38(44)36-6-2-4-8-40(36)45(39)50)34-10-14-42(49-28-34)30-19-23-47-24-20-30/h3*1-28H. The molecule has 30 rings (SSSR count). The van der Waals surface area contributed by atoms with Gasteiger partial charge in [-0.2, -0.15) is 0 Å². The second kappa shape index (κ2) is 37.3. The smallest absolute Gasteiger partial charge is 0.329 e. The van der Waals surface area contributed by atoms with Crippen LogP contribution in [0.3, 0.4) is 0 Å². The molecule has 6 aliphatic rings. The highest BCUT2D eigenvalue weighted by Crippen LogP contribution is 2.53. The maximum atomic E-state index is 4.81. The summed E-state index contributed by atoms with van der Waals surface area (Å²) < 4.78 is 0. The first-order valence-electron chi connectivity index (χ1n) is 50.4. The second-order valence-electron chi connectivity index (χ2n) is 38.2. The molecule has 0 saturated carbocycles. The summed E-state index contributed by atoms with van der Waals surface area (Å²) in [6.45, 7) is 0.166. The SMILES string of the molecule is c1ccc(-c2ccc(-c3ccc4c(c3)-c3ccccc3B3c5ccccc5-c5cc(-c6ccc(-c7ccccn7)nc6)ccc5N34)cn2)nc1.c1ccc2c(c1)B1c3ccccc3-c3cc(-c4ccc(-c5ccncc5)nc4)ccc3N1c1ccc(-c3ccc(-c4ccncc4)nc3)cc1-2.c1cncc(-c2ccc(-c3ccc4c(c3)-c3ccccc3B3c5ccccc5-c5cc(-c6ccc(-c7cccnc7)nc6)ccc5N34)cn2)c1. The van der Waals surface area contributed by atoms with E-state index in [2.05, 4.69) is 372 Å². The maximum Gasteiger partial charge on any atom is 0.329 e. The van der Waals surface area contributed by atoms with Crippen LogP contribution in [0.15, 0.2) is 512 Å². The van der Waals surface area contributed by atoms with Gasteiger partial charge in [0, 0.05) is 222 Å². The van der Waals surface area contributed by atoms with Gasteiger partial charge < -0.3 is 14.4 Å². The number of anilines is 6. The van der Waals surface area contributed by atoms with Crippen LogP contribution in [-0.4, -0.2) is 80.4 Å². The van der Waals surface area contributed by atoms with E-state index in [9.17, 15) is 0 Å². The van der Waals surface area contributed by atoms with Crippen molar-refractivity contribution in [3.63, 3.8) is 0 Å². The molecule has 0 radical (unpaired) electrons. The summed E-state index contributed by atoms with van der Waals surface area (Å²) in [6, 6.07) is 147. The van der Waals surface area contributed by atoms with Gasteiger partial charge in [-0.15, -0.1) is 0 Å². The van der Waals surface area contributed by atoms with Crippen molar-refractivity contribution >= 4 is 87.4 Å². The minimum Gasteiger partial charge on any atom is -0.376 e. The molecule has 12 aromatic carbocycles. The number of aromatic nitrogens is 12. The molecule has 0 spiro atoms. The summed E-state index contributed by atoms with van der Waals surface area (Å²) in [5.41, 5.74) is 54.5. The molecule has 18 heterocycles. The van der Waals surface area contributed by atoms with Gasteiger partial charge >= 0.3 is 20.5 Å². The van der Waals surface area contributed by atoms with E-state index >= 15 is 0 Å². The molecular weight excluding hydrogens is 1830 g/mol. The van der Waals surface area contributed by atoms with Crippen molar-refractivity contribution in [2.45, 2.75) is 0 Å². The van der Waals surface area contributed by atoms with Crippen molar-refractivity contribution in [1.82, 2.24) is 59.8 Å². The van der Waals surface area contributed by atoms with Gasteiger partial charge in [-0.3, -0.25) is 59.8 Å². The number of hydrogen-bond donors (Lipinski definition) is 0. The zero-order chi connectivity index (χ0) is 99.1. The third-order valence-electron chi connectivity index (χ3n) is 29.9. The summed E-state index contributed by atoms with van der Waals surface area (Å²) >= 11 is 0. The second-order valence-corrected chi connectivity index (χ2v) is 38.2. The van der Waals surface area contributed by atoms with Gasteiger partial charge in [-0.05, 0) is 282 Å². The predicted octanol–water partition coefficient (Wildman–Crippen LogP) is 26.5. The minimum absolute atomic E-state index is 0.0535. The molecule has 0 saturated heterocycles. The predicted molar refractivity (Wildman–Crippen MR) is 612 cm³/mol. The van der Waals surface area contributed by atoms with Crippen molar-refractivity contribution in [2.75, 3.05) is 14.4 Å². The lowest BCUT2D eigenvalue weighted by atomic mass is 9.43. The lowest BCUT2D eigenvalue weighted by Crippen LogP contribution is -2.59. The summed E-state index contributed by atoms with van der Waals surface area (Å²) in [5.74, 6) is 0. The molecule has 0 amide bonds. The first kappa shape index (κ1) is 87.8. The van der Waals surface area contributed by atoms with Crippen molar-refractivity contribution in [1.29, 1.82) is 0 Å². The number of nitrogens with zero attached hydrogens (tertiary/aromatic N) is 15. The Morgan fingerprint density at radius 2 is 0.347 bits per heavy atom. The quantitative estimate of drug-likeness (QED) is 0.106. The molecule has 15 nitrogen and oxygen atoms in total. The van der Waals surface area contributed by atoms with Crippen LogP contribution in [0.25, 0.3) is 201 Å². The van der Waals surface area contributed by atoms with E-state index in [0.717, 1.165) is 135 Å². The zero-order valence-electron chi connectivity index (χ0n) is 80.9. The summed E-state index contributed by atoms with van der Waals surface area (Å²) in [7, 11) is 0. The highest BCUT2D eigenvalue weighted by Gasteiger charge is 2.46. The Hall–Kier alpha value is -20.0. The summed E-state index contributed by atoms with van der Waals surface area (Å²) in [5, 5.41) is 0. The summed E-state index contributed by atoms with van der Waals surface area (Å²) in [6.07, 6.45) is 29.9. The summed E-state index contributed by atoms with van der Waals surface area (Å²) in [4.78, 5) is 62.1. The Labute approximate surface area is 868 Å². The van der Waals surface area contributed by atoms with Crippen LogP contribution < -0.4 is 47.2 Å². The van der Waals surface area contributed by atoms with Crippen molar-refractivity contribution in [2.24, 2.45) is 0 Å². The number of pyridine rings is 12. The molecule has 24 aromatic rings. The van der Waals surface area contributed by atoms with Gasteiger partial charge in [0.1, 0.15) is 0 Å². The van der Waals surface area contributed by atoms with E-state index in [-0.39, 0.29) is 20.5 Å². The largest absolute Gasteiger partial charge is 0.376 e. The first-order chi connectivity index (χ1) is 74.4. The van der Waals surface area contributed by atoms with Gasteiger partial charge in [0.15, 0.2) is 0 Å². The van der Waals surface area contributed by atoms with Crippen LogP contribution in [0.4, 0.5) is 34.1 Å².